The van der Waals surface area contributed by atoms with E-state index in [2.05, 4.69) is 19.9 Å². The van der Waals surface area contributed by atoms with Crippen molar-refractivity contribution >= 4 is 27.6 Å². The number of H-pyrrole nitrogens is 1. The van der Waals surface area contributed by atoms with Gasteiger partial charge in [0.15, 0.2) is 16.6 Å². The summed E-state index contributed by atoms with van der Waals surface area (Å²) in [6.07, 6.45) is 1.71. The van der Waals surface area contributed by atoms with Crippen molar-refractivity contribution < 1.29 is 0 Å². The van der Waals surface area contributed by atoms with Crippen molar-refractivity contribution in [1.82, 2.24) is 19.9 Å². The number of pyridine rings is 1. The van der Waals surface area contributed by atoms with E-state index in [4.69, 9.17) is 5.73 Å². The molecule has 0 atom stereocenters. The number of thiazole rings is 1. The number of fused-ring (bicyclic) bond motifs is 1. The molecule has 0 unspecified atom stereocenters. The Morgan fingerprint density at radius 1 is 1.33 bits per heavy atom. The molecule has 3 aromatic rings. The summed E-state index contributed by atoms with van der Waals surface area (Å²) in [6, 6.07) is 3.79. The topological polar surface area (TPSA) is 80.5 Å². The second-order valence-corrected chi connectivity index (χ2v) is 3.92. The van der Waals surface area contributed by atoms with Crippen LogP contribution in [0.1, 0.15) is 0 Å². The molecule has 3 aromatic heterocycles. The lowest BCUT2D eigenvalue weighted by molar-refractivity contribution is 1.26. The van der Waals surface area contributed by atoms with Gasteiger partial charge in [0, 0.05) is 11.6 Å². The van der Waals surface area contributed by atoms with Gasteiger partial charge in [-0.05, 0) is 12.1 Å². The Balaban J connectivity index is 2.19. The van der Waals surface area contributed by atoms with Gasteiger partial charge in [0.1, 0.15) is 5.69 Å². The molecule has 0 aliphatic rings. The molecule has 0 saturated heterocycles. The zero-order valence-electron chi connectivity index (χ0n) is 7.64. The molecule has 74 valence electrons. The van der Waals surface area contributed by atoms with Crippen LogP contribution in [0.2, 0.25) is 0 Å². The largest absolute Gasteiger partial charge is 0.375 e. The summed E-state index contributed by atoms with van der Waals surface area (Å²) >= 11 is 1.40. The van der Waals surface area contributed by atoms with Crippen molar-refractivity contribution in [3.8, 4) is 11.5 Å². The Kier molecular flexibility index (Phi) is 1.69. The average molecular weight is 217 g/mol. The van der Waals surface area contributed by atoms with Gasteiger partial charge in [-0.25, -0.2) is 15.0 Å². The molecule has 0 aliphatic carbocycles. The van der Waals surface area contributed by atoms with Gasteiger partial charge < -0.3 is 10.7 Å². The normalized spacial score (nSPS) is 10.9. The van der Waals surface area contributed by atoms with Crippen LogP contribution in [-0.4, -0.2) is 19.9 Å². The van der Waals surface area contributed by atoms with Crippen molar-refractivity contribution in [2.45, 2.75) is 0 Å². The van der Waals surface area contributed by atoms with Gasteiger partial charge in [-0.2, -0.15) is 0 Å². The molecule has 5 nitrogen and oxygen atoms in total. The number of nitrogens with zero attached hydrogens (tertiary/aromatic N) is 3. The molecule has 0 aromatic carbocycles. The van der Waals surface area contributed by atoms with Crippen LogP contribution in [0, 0.1) is 0 Å². The summed E-state index contributed by atoms with van der Waals surface area (Å²) < 4.78 is 0. The van der Waals surface area contributed by atoms with Crippen LogP contribution in [-0.2, 0) is 0 Å². The second-order valence-electron chi connectivity index (χ2n) is 3.03. The van der Waals surface area contributed by atoms with Crippen LogP contribution < -0.4 is 5.73 Å². The molecule has 0 amide bonds. The molecule has 0 aliphatic heterocycles. The lowest BCUT2D eigenvalue weighted by Gasteiger charge is -1.85. The Morgan fingerprint density at radius 3 is 3.00 bits per heavy atom. The molecule has 15 heavy (non-hydrogen) atoms. The van der Waals surface area contributed by atoms with E-state index in [0.717, 1.165) is 11.2 Å². The molecule has 0 saturated carbocycles. The number of rotatable bonds is 1. The fourth-order valence-electron chi connectivity index (χ4n) is 1.36. The third-order valence-electron chi connectivity index (χ3n) is 2.02. The number of imidazole rings is 1. The van der Waals surface area contributed by atoms with E-state index in [1.165, 1.54) is 11.3 Å². The number of hydrogen-bond acceptors (Lipinski definition) is 5. The predicted octanol–water partition coefficient (Wildman–Crippen LogP) is 1.66. The summed E-state index contributed by atoms with van der Waals surface area (Å²) in [5.41, 5.74) is 7.92. The molecule has 3 heterocycles. The Morgan fingerprint density at radius 2 is 2.27 bits per heavy atom. The van der Waals surface area contributed by atoms with Crippen LogP contribution >= 0.6 is 11.3 Å². The van der Waals surface area contributed by atoms with E-state index < -0.39 is 0 Å². The molecule has 6 heteroatoms. The van der Waals surface area contributed by atoms with Gasteiger partial charge in [-0.15, -0.1) is 11.3 Å². The van der Waals surface area contributed by atoms with E-state index >= 15 is 0 Å². The molecular formula is C9H7N5S. The average Bonchev–Trinajstić information content (AvgIpc) is 2.82. The highest BCUT2D eigenvalue weighted by atomic mass is 32.1. The van der Waals surface area contributed by atoms with E-state index in [0.29, 0.717) is 16.6 Å². The third kappa shape index (κ3) is 1.35. The number of nitrogens with one attached hydrogen (secondary N) is 1. The highest BCUT2D eigenvalue weighted by Gasteiger charge is 2.08. The van der Waals surface area contributed by atoms with E-state index in [-0.39, 0.29) is 0 Å². The molecular weight excluding hydrogens is 210 g/mol. The summed E-state index contributed by atoms with van der Waals surface area (Å²) in [6.45, 7) is 0. The van der Waals surface area contributed by atoms with Crippen LogP contribution in [0.25, 0.3) is 22.7 Å². The summed E-state index contributed by atoms with van der Waals surface area (Å²) in [7, 11) is 0. The maximum Gasteiger partial charge on any atom is 0.180 e. The smallest absolute Gasteiger partial charge is 0.180 e. The zero-order chi connectivity index (χ0) is 10.3. The van der Waals surface area contributed by atoms with Crippen molar-refractivity contribution in [1.29, 1.82) is 0 Å². The minimum atomic E-state index is 0.540. The minimum Gasteiger partial charge on any atom is -0.375 e. The molecule has 0 spiro atoms. The van der Waals surface area contributed by atoms with E-state index in [1.807, 2.05) is 17.5 Å². The fourth-order valence-corrected chi connectivity index (χ4v) is 1.91. The van der Waals surface area contributed by atoms with Crippen LogP contribution in [0.3, 0.4) is 0 Å². The van der Waals surface area contributed by atoms with Gasteiger partial charge >= 0.3 is 0 Å². The van der Waals surface area contributed by atoms with Crippen molar-refractivity contribution in [3.05, 3.63) is 23.7 Å². The molecule has 3 N–H and O–H groups in total. The van der Waals surface area contributed by atoms with E-state index in [1.54, 1.807) is 6.20 Å². The van der Waals surface area contributed by atoms with Crippen molar-refractivity contribution in [2.24, 2.45) is 0 Å². The number of aromatic amines is 1. The summed E-state index contributed by atoms with van der Waals surface area (Å²) in [5.74, 6) is 0.705. The number of nitrogen functional groups attached to an aromatic ring is 1. The Labute approximate surface area is 89.0 Å². The Hall–Kier alpha value is -1.95. The molecule has 3 rings (SSSR count). The van der Waals surface area contributed by atoms with Crippen LogP contribution in [0.15, 0.2) is 23.7 Å². The summed E-state index contributed by atoms with van der Waals surface area (Å²) in [4.78, 5) is 15.7. The number of hydrogen-bond donors (Lipinski definition) is 2. The quantitative estimate of drug-likeness (QED) is 0.649. The van der Waals surface area contributed by atoms with E-state index in [9.17, 15) is 0 Å². The standard InChI is InChI=1S/C9H7N5S/c10-9-13-6(4-15-9)8-12-5-2-1-3-11-7(5)14-8/h1-4H,(H2,10,13)(H,11,12,14). The highest BCUT2D eigenvalue weighted by molar-refractivity contribution is 7.13. The third-order valence-corrected chi connectivity index (χ3v) is 2.70. The van der Waals surface area contributed by atoms with Gasteiger partial charge in [-0.3, -0.25) is 0 Å². The first-order chi connectivity index (χ1) is 7.33. The zero-order valence-corrected chi connectivity index (χ0v) is 8.45. The molecule has 0 bridgehead atoms. The predicted molar refractivity (Wildman–Crippen MR) is 59.4 cm³/mol. The first-order valence-corrected chi connectivity index (χ1v) is 5.23. The number of aromatic nitrogens is 4. The van der Waals surface area contributed by atoms with Gasteiger partial charge in [0.2, 0.25) is 0 Å². The second kappa shape index (κ2) is 3.03. The van der Waals surface area contributed by atoms with Crippen LogP contribution in [0.4, 0.5) is 5.13 Å². The maximum atomic E-state index is 5.56. The monoisotopic (exact) mass is 217 g/mol. The first-order valence-electron chi connectivity index (χ1n) is 4.35. The van der Waals surface area contributed by atoms with Gasteiger partial charge in [-0.1, -0.05) is 0 Å². The van der Waals surface area contributed by atoms with Crippen LogP contribution in [0.5, 0.6) is 0 Å². The van der Waals surface area contributed by atoms with Crippen molar-refractivity contribution in [3.63, 3.8) is 0 Å². The maximum absolute atomic E-state index is 5.56. The summed E-state index contributed by atoms with van der Waals surface area (Å²) in [5, 5.41) is 2.41. The molecule has 0 fully saturated rings. The number of nitrogens with two attached hydrogens (primary N) is 1. The molecule has 0 radical (unpaired) electrons. The van der Waals surface area contributed by atoms with Gasteiger partial charge in [0.25, 0.3) is 0 Å². The highest BCUT2D eigenvalue weighted by Crippen LogP contribution is 2.22. The lowest BCUT2D eigenvalue weighted by atomic mass is 10.4. The Bertz CT molecular complexity index is 579. The lowest BCUT2D eigenvalue weighted by Crippen LogP contribution is -1.84. The number of anilines is 1. The fraction of sp³-hybridized carbons (Fsp3) is 0. The first kappa shape index (κ1) is 8.37. The van der Waals surface area contributed by atoms with Crippen molar-refractivity contribution in [2.75, 3.05) is 5.73 Å². The SMILES string of the molecule is Nc1nc(-c2nc3ncccc3[nH]2)cs1. The minimum absolute atomic E-state index is 0.540. The van der Waals surface area contributed by atoms with Gasteiger partial charge in [0.05, 0.1) is 5.52 Å².